The van der Waals surface area contributed by atoms with Gasteiger partial charge in [-0.1, -0.05) is 86.7 Å². The van der Waals surface area contributed by atoms with E-state index in [2.05, 4.69) is 118 Å². The Hall–Kier alpha value is -4.31. The monoisotopic (exact) mass is 780 g/mol. The van der Waals surface area contributed by atoms with E-state index in [4.69, 9.17) is 9.40 Å². The van der Waals surface area contributed by atoms with Crippen molar-refractivity contribution in [1.29, 1.82) is 0 Å². The first kappa shape index (κ1) is 31.7. The van der Waals surface area contributed by atoms with Gasteiger partial charge in [0.15, 0.2) is 0 Å². The van der Waals surface area contributed by atoms with Gasteiger partial charge in [-0.15, -0.1) is 54.1 Å². The number of pyridine rings is 1. The van der Waals surface area contributed by atoms with Gasteiger partial charge in [0.2, 0.25) is 0 Å². The maximum Gasteiger partial charge on any atom is 0.120 e. The Morgan fingerprint density at radius 2 is 1.63 bits per heavy atom. The quantitative estimate of drug-likeness (QED) is 0.167. The maximum absolute atomic E-state index is 6.07. The van der Waals surface area contributed by atoms with Crippen LogP contribution in [0.25, 0.3) is 61.7 Å². The Morgan fingerprint density at radius 1 is 0.826 bits per heavy atom. The Bertz CT molecular complexity index is 2200. The van der Waals surface area contributed by atoms with Crippen molar-refractivity contribution in [2.75, 3.05) is 0 Å². The van der Waals surface area contributed by atoms with Crippen molar-refractivity contribution < 1.29 is 24.5 Å². The molecule has 0 N–H and O–H groups in total. The molecule has 0 bridgehead atoms. The van der Waals surface area contributed by atoms with E-state index < -0.39 is 0 Å². The van der Waals surface area contributed by atoms with Crippen LogP contribution in [0.2, 0.25) is 0 Å². The summed E-state index contributed by atoms with van der Waals surface area (Å²) in [6.45, 7) is 13.3. The molecule has 0 aliphatic carbocycles. The zero-order valence-corrected chi connectivity index (χ0v) is 29.4. The summed E-state index contributed by atoms with van der Waals surface area (Å²) in [5.74, 6) is 1.96. The Kier molecular flexibility index (Phi) is 8.58. The van der Waals surface area contributed by atoms with Crippen LogP contribution in [-0.4, -0.2) is 14.5 Å². The normalized spacial score (nSPS) is 13.3. The first-order valence-electron chi connectivity index (χ1n) is 15.7. The molecule has 8 rings (SSSR count). The average molecular weight is 780 g/mol. The van der Waals surface area contributed by atoms with E-state index in [9.17, 15) is 0 Å². The van der Waals surface area contributed by atoms with Gasteiger partial charge in [0.05, 0.1) is 28.0 Å². The summed E-state index contributed by atoms with van der Waals surface area (Å²) >= 11 is 0. The molecule has 0 unspecified atom stereocenters. The number of hydrogen-bond donors (Lipinski definition) is 0. The third kappa shape index (κ3) is 5.53. The van der Waals surface area contributed by atoms with Crippen LogP contribution in [-0.2, 0) is 25.6 Å². The molecule has 0 saturated carbocycles. The van der Waals surface area contributed by atoms with Gasteiger partial charge in [0.25, 0.3) is 0 Å². The third-order valence-corrected chi connectivity index (χ3v) is 8.74. The minimum atomic E-state index is -0.101. The number of furan rings is 1. The number of fused-ring (bicyclic) bond motifs is 3. The zero-order valence-electron chi connectivity index (χ0n) is 27.1. The van der Waals surface area contributed by atoms with Gasteiger partial charge in [-0.2, -0.15) is 0 Å². The second-order valence-electron chi connectivity index (χ2n) is 12.9. The molecule has 0 amide bonds. The summed E-state index contributed by atoms with van der Waals surface area (Å²) in [4.78, 5) is 9.46. The molecule has 46 heavy (non-hydrogen) atoms. The molecular weight excluding hydrogens is 743 g/mol. The number of imidazole rings is 1. The average Bonchev–Trinajstić information content (AvgIpc) is 3.64. The summed E-state index contributed by atoms with van der Waals surface area (Å²) in [6, 6.07) is 35.4. The Morgan fingerprint density at radius 3 is 2.39 bits per heavy atom. The second-order valence-corrected chi connectivity index (χ2v) is 12.9. The molecule has 4 nitrogen and oxygen atoms in total. The predicted molar refractivity (Wildman–Crippen MR) is 186 cm³/mol. The largest absolute Gasteiger partial charge is 0.501 e. The molecule has 4 aromatic carbocycles. The number of para-hydroxylation sites is 1. The first-order valence-corrected chi connectivity index (χ1v) is 15.7. The fourth-order valence-corrected chi connectivity index (χ4v) is 6.35. The molecule has 1 radical (unpaired) electrons. The van der Waals surface area contributed by atoms with Crippen LogP contribution in [0.1, 0.15) is 70.1 Å². The molecule has 5 heteroatoms. The van der Waals surface area contributed by atoms with E-state index in [-0.39, 0.29) is 25.6 Å². The second kappa shape index (κ2) is 12.5. The molecule has 0 spiro atoms. The Balaban J connectivity index is 0.000000158. The summed E-state index contributed by atoms with van der Waals surface area (Å²) in [5.41, 5.74) is 10.8. The van der Waals surface area contributed by atoms with E-state index in [1.165, 1.54) is 22.2 Å². The van der Waals surface area contributed by atoms with Crippen molar-refractivity contribution in [2.45, 2.75) is 58.9 Å². The first-order chi connectivity index (χ1) is 21.7. The number of hydrogen-bond acceptors (Lipinski definition) is 3. The summed E-state index contributed by atoms with van der Waals surface area (Å²) < 4.78 is 8.44. The van der Waals surface area contributed by atoms with Gasteiger partial charge >= 0.3 is 0 Å². The van der Waals surface area contributed by atoms with E-state index >= 15 is 0 Å². The summed E-state index contributed by atoms with van der Waals surface area (Å²) in [5, 5.41) is 2.24. The smallest absolute Gasteiger partial charge is 0.120 e. The molecular formula is C41H37IrN3O-2. The zero-order chi connectivity index (χ0) is 31.3. The van der Waals surface area contributed by atoms with Crippen LogP contribution in [0, 0.1) is 12.1 Å². The number of nitrogens with zero attached hydrogens (tertiary/aromatic N) is 3. The van der Waals surface area contributed by atoms with Gasteiger partial charge < -0.3 is 14.0 Å². The van der Waals surface area contributed by atoms with Crippen LogP contribution in [0.3, 0.4) is 0 Å². The minimum Gasteiger partial charge on any atom is -0.501 e. The van der Waals surface area contributed by atoms with Crippen LogP contribution in [0.5, 0.6) is 0 Å². The summed E-state index contributed by atoms with van der Waals surface area (Å²) in [6.07, 6.45) is 6.42. The van der Waals surface area contributed by atoms with Crippen molar-refractivity contribution in [3.05, 3.63) is 126 Å². The third-order valence-electron chi connectivity index (χ3n) is 8.74. The molecule has 3 aromatic heterocycles. The molecule has 1 aliphatic rings. The van der Waals surface area contributed by atoms with Crippen molar-refractivity contribution in [3.63, 3.8) is 0 Å². The van der Waals surface area contributed by atoms with Gasteiger partial charge in [0.1, 0.15) is 5.58 Å². The number of allylic oxidation sites excluding steroid dienone is 1. The van der Waals surface area contributed by atoms with Crippen LogP contribution < -0.4 is 0 Å². The fourth-order valence-electron chi connectivity index (χ4n) is 6.35. The molecule has 233 valence electrons. The number of benzene rings is 4. The van der Waals surface area contributed by atoms with E-state index in [1.807, 2.05) is 48.7 Å². The van der Waals surface area contributed by atoms with Gasteiger partial charge in [-0.25, -0.2) is 0 Å². The van der Waals surface area contributed by atoms with Crippen LogP contribution in [0.4, 0.5) is 0 Å². The van der Waals surface area contributed by atoms with E-state index in [0.717, 1.165) is 50.1 Å². The van der Waals surface area contributed by atoms with Gasteiger partial charge in [-0.3, -0.25) is 4.98 Å². The molecule has 1 aliphatic heterocycles. The van der Waals surface area contributed by atoms with E-state index in [1.54, 1.807) is 0 Å². The van der Waals surface area contributed by atoms with Gasteiger partial charge in [-0.05, 0) is 55.1 Å². The standard InChI is InChI=1S/C21H21N2.C20H16NO.Ir/c1-14(2)16-10-11-18-19-17(16)12-13-21(3,4)23(19)20(22-18)15-8-6-5-7-9-15;1-13(2)14-10-11-21-18(12-14)17-8-5-7-16-15-6-3-4-9-19(15)22-20(16)17;/h5-8,10-14H,1-4H3;3-7,9-13H,1-2H3;/q2*-1;. The number of rotatable bonds is 4. The van der Waals surface area contributed by atoms with E-state index in [0.29, 0.717) is 11.8 Å². The molecule has 0 atom stereocenters. The molecule has 0 saturated heterocycles. The SMILES string of the molecule is CC(C)c1ccc2nc(-c3[c-]cccc3)n3c2c1C=CC3(C)C.CC(C)c1ccnc(-c2[c-]ccc3c2oc2ccccc23)c1.[Ir]. The maximum atomic E-state index is 6.07. The van der Waals surface area contributed by atoms with Crippen LogP contribution in [0.15, 0.2) is 102 Å². The number of aromatic nitrogens is 3. The molecule has 0 fully saturated rings. The fraction of sp³-hybridized carbons (Fsp3) is 0.220. The molecule has 7 aromatic rings. The minimum absolute atomic E-state index is 0. The van der Waals surface area contributed by atoms with Crippen molar-refractivity contribution in [1.82, 2.24) is 14.5 Å². The summed E-state index contributed by atoms with van der Waals surface area (Å²) in [7, 11) is 0. The van der Waals surface area contributed by atoms with Gasteiger partial charge in [0, 0.05) is 37.3 Å². The Labute approximate surface area is 284 Å². The van der Waals surface area contributed by atoms with Crippen molar-refractivity contribution in [3.8, 4) is 22.6 Å². The van der Waals surface area contributed by atoms with Crippen molar-refractivity contribution >= 4 is 39.0 Å². The van der Waals surface area contributed by atoms with Crippen molar-refractivity contribution in [2.24, 2.45) is 0 Å². The molecule has 4 heterocycles. The topological polar surface area (TPSA) is 43.9 Å². The van der Waals surface area contributed by atoms with Crippen LogP contribution >= 0.6 is 0 Å². The predicted octanol–water partition coefficient (Wildman–Crippen LogP) is 11.0.